The molecule has 1 aromatic rings. The molecule has 1 aliphatic rings. The molecule has 5 nitrogen and oxygen atoms in total. The van der Waals surface area contributed by atoms with Crippen molar-refractivity contribution in [2.45, 2.75) is 31.7 Å². The molecule has 0 aromatic carbocycles. The highest BCUT2D eigenvalue weighted by molar-refractivity contribution is 14.0. The van der Waals surface area contributed by atoms with Crippen molar-refractivity contribution in [3.8, 4) is 0 Å². The molecule has 2 N–H and O–H groups in total. The molecule has 0 saturated heterocycles. The molecule has 0 fully saturated rings. The minimum Gasteiger partial charge on any atom is -0.356 e. The van der Waals surface area contributed by atoms with Crippen LogP contribution in [0.15, 0.2) is 29.5 Å². The fraction of sp³-hybridized carbons (Fsp3) is 0.571. The van der Waals surface area contributed by atoms with Gasteiger partial charge in [0.25, 0.3) is 0 Å². The molecule has 0 saturated carbocycles. The Hall–Kier alpha value is -1.05. The van der Waals surface area contributed by atoms with Crippen molar-refractivity contribution in [1.82, 2.24) is 20.4 Å². The van der Waals surface area contributed by atoms with Gasteiger partial charge in [0.05, 0.1) is 6.20 Å². The Bertz CT molecular complexity index is 444. The van der Waals surface area contributed by atoms with Gasteiger partial charge in [0, 0.05) is 32.9 Å². The van der Waals surface area contributed by atoms with Crippen molar-refractivity contribution in [1.29, 1.82) is 0 Å². The number of halogens is 1. The maximum Gasteiger partial charge on any atom is 0.191 e. The normalized spacial score (nSPS) is 15.2. The third-order valence-electron chi connectivity index (χ3n) is 3.27. The number of nitrogens with one attached hydrogen (secondary N) is 2. The van der Waals surface area contributed by atoms with Crippen LogP contribution >= 0.6 is 24.0 Å². The van der Waals surface area contributed by atoms with Gasteiger partial charge in [0.1, 0.15) is 0 Å². The molecule has 0 unspecified atom stereocenters. The summed E-state index contributed by atoms with van der Waals surface area (Å²) in [6.45, 7) is 0.925. The first-order chi connectivity index (χ1) is 9.28. The summed E-state index contributed by atoms with van der Waals surface area (Å²) in [5.74, 6) is 0.903. The second-order valence-electron chi connectivity index (χ2n) is 4.91. The van der Waals surface area contributed by atoms with Gasteiger partial charge in [-0.05, 0) is 31.2 Å². The van der Waals surface area contributed by atoms with Crippen LogP contribution in [-0.2, 0) is 13.5 Å². The summed E-state index contributed by atoms with van der Waals surface area (Å²) in [7, 11) is 3.77. The van der Waals surface area contributed by atoms with Crippen molar-refractivity contribution in [3.05, 3.63) is 30.1 Å². The number of hydrogen-bond donors (Lipinski definition) is 2. The molecule has 0 atom stereocenters. The van der Waals surface area contributed by atoms with Crippen molar-refractivity contribution < 1.29 is 0 Å². The van der Waals surface area contributed by atoms with Crippen LogP contribution in [0.4, 0.5) is 0 Å². The van der Waals surface area contributed by atoms with Gasteiger partial charge < -0.3 is 10.6 Å². The Labute approximate surface area is 137 Å². The lowest BCUT2D eigenvalue weighted by atomic mass is 10.2. The van der Waals surface area contributed by atoms with Crippen molar-refractivity contribution in [2.75, 3.05) is 13.6 Å². The highest BCUT2D eigenvalue weighted by Gasteiger charge is 2.11. The van der Waals surface area contributed by atoms with Gasteiger partial charge in [0.2, 0.25) is 0 Å². The molecule has 1 heterocycles. The zero-order valence-electron chi connectivity index (χ0n) is 12.2. The van der Waals surface area contributed by atoms with Crippen LogP contribution in [0.5, 0.6) is 0 Å². The Morgan fingerprint density at radius 2 is 2.20 bits per heavy atom. The van der Waals surface area contributed by atoms with Gasteiger partial charge in [-0.3, -0.25) is 9.67 Å². The lowest BCUT2D eigenvalue weighted by Crippen LogP contribution is -2.42. The summed E-state index contributed by atoms with van der Waals surface area (Å²) < 4.78 is 1.84. The van der Waals surface area contributed by atoms with Crippen molar-refractivity contribution >= 4 is 29.9 Å². The first-order valence-electron chi connectivity index (χ1n) is 6.87. The van der Waals surface area contributed by atoms with E-state index >= 15 is 0 Å². The molecular weight excluding hydrogens is 365 g/mol. The first-order valence-corrected chi connectivity index (χ1v) is 6.87. The van der Waals surface area contributed by atoms with Crippen LogP contribution in [0.1, 0.15) is 24.8 Å². The highest BCUT2D eigenvalue weighted by atomic mass is 127. The number of nitrogens with zero attached hydrogens (tertiary/aromatic N) is 3. The van der Waals surface area contributed by atoms with Gasteiger partial charge in [-0.25, -0.2) is 0 Å². The van der Waals surface area contributed by atoms with E-state index in [-0.39, 0.29) is 24.0 Å². The van der Waals surface area contributed by atoms with Gasteiger partial charge in [0.15, 0.2) is 5.96 Å². The predicted molar refractivity (Wildman–Crippen MR) is 93.6 cm³/mol. The Kier molecular flexibility index (Phi) is 7.64. The van der Waals surface area contributed by atoms with E-state index in [0.29, 0.717) is 6.04 Å². The molecule has 1 aliphatic carbocycles. The number of hydrogen-bond acceptors (Lipinski definition) is 2. The van der Waals surface area contributed by atoms with Gasteiger partial charge in [-0.1, -0.05) is 12.2 Å². The quantitative estimate of drug-likeness (QED) is 0.266. The summed E-state index contributed by atoms with van der Waals surface area (Å²) >= 11 is 0. The predicted octanol–water partition coefficient (Wildman–Crippen LogP) is 1.85. The second-order valence-corrected chi connectivity index (χ2v) is 4.91. The summed E-state index contributed by atoms with van der Waals surface area (Å²) in [4.78, 5) is 4.25. The maximum absolute atomic E-state index is 4.25. The van der Waals surface area contributed by atoms with Crippen LogP contribution in [0.2, 0.25) is 0 Å². The average Bonchev–Trinajstić information content (AvgIpc) is 3.05. The van der Waals surface area contributed by atoms with E-state index in [0.717, 1.165) is 38.2 Å². The number of rotatable bonds is 5. The maximum atomic E-state index is 4.25. The zero-order chi connectivity index (χ0) is 13.5. The highest BCUT2D eigenvalue weighted by Crippen LogP contribution is 2.08. The third-order valence-corrected chi connectivity index (χ3v) is 3.27. The number of aromatic nitrogens is 2. The monoisotopic (exact) mass is 389 g/mol. The minimum atomic E-state index is 0. The summed E-state index contributed by atoms with van der Waals surface area (Å²) in [5, 5.41) is 11.0. The lowest BCUT2D eigenvalue weighted by molar-refractivity contribution is 0.628. The molecule has 20 heavy (non-hydrogen) atoms. The van der Waals surface area contributed by atoms with Crippen LogP contribution in [0.3, 0.4) is 0 Å². The summed E-state index contributed by atoms with van der Waals surface area (Å²) in [5.41, 5.74) is 1.28. The van der Waals surface area contributed by atoms with Crippen LogP contribution in [0, 0.1) is 0 Å². The van der Waals surface area contributed by atoms with E-state index in [9.17, 15) is 0 Å². The average molecular weight is 389 g/mol. The van der Waals surface area contributed by atoms with Gasteiger partial charge >= 0.3 is 0 Å². The standard InChI is InChI=1S/C14H23N5.HI/c1-15-14(18-13-7-3-4-8-13)16-9-5-6-12-10-17-19(2)11-12;/h3-4,10-11,13H,5-9H2,1-2H3,(H2,15,16,18);1H. The number of guanidine groups is 1. The van der Waals surface area contributed by atoms with E-state index in [2.05, 4.69) is 39.1 Å². The summed E-state index contributed by atoms with van der Waals surface area (Å²) in [6.07, 6.45) is 12.7. The molecule has 1 aromatic heterocycles. The Balaban J connectivity index is 0.00000200. The van der Waals surface area contributed by atoms with Gasteiger partial charge in [-0.15, -0.1) is 24.0 Å². The molecule has 0 bridgehead atoms. The molecule has 6 heteroatoms. The van der Waals surface area contributed by atoms with Gasteiger partial charge in [-0.2, -0.15) is 5.10 Å². The zero-order valence-corrected chi connectivity index (χ0v) is 14.5. The molecule has 2 rings (SSSR count). The number of aliphatic imine (C=N–C) groups is 1. The van der Waals surface area contributed by atoms with Crippen LogP contribution in [0.25, 0.3) is 0 Å². The Morgan fingerprint density at radius 3 is 2.80 bits per heavy atom. The van der Waals surface area contributed by atoms with Crippen molar-refractivity contribution in [3.63, 3.8) is 0 Å². The van der Waals surface area contributed by atoms with Crippen LogP contribution in [-0.4, -0.2) is 35.4 Å². The SMILES string of the molecule is CN=C(NCCCc1cnn(C)c1)NC1CC=CC1.I. The first kappa shape index (κ1) is 17.0. The van der Waals surface area contributed by atoms with E-state index in [1.54, 1.807) is 0 Å². The fourth-order valence-electron chi connectivity index (χ4n) is 2.22. The molecular formula is C14H24IN5. The van der Waals surface area contributed by atoms with E-state index in [4.69, 9.17) is 0 Å². The topological polar surface area (TPSA) is 54.2 Å². The lowest BCUT2D eigenvalue weighted by Gasteiger charge is -2.16. The molecule has 0 spiro atoms. The Morgan fingerprint density at radius 1 is 1.45 bits per heavy atom. The number of aryl methyl sites for hydroxylation is 2. The molecule has 0 aliphatic heterocycles. The van der Waals surface area contributed by atoms with Crippen LogP contribution < -0.4 is 10.6 Å². The van der Waals surface area contributed by atoms with E-state index in [1.807, 2.05) is 25.0 Å². The smallest absolute Gasteiger partial charge is 0.191 e. The molecule has 0 amide bonds. The second kappa shape index (κ2) is 8.99. The molecule has 112 valence electrons. The van der Waals surface area contributed by atoms with E-state index < -0.39 is 0 Å². The summed E-state index contributed by atoms with van der Waals surface area (Å²) in [6, 6.07) is 0.504. The fourth-order valence-corrected chi connectivity index (χ4v) is 2.22. The van der Waals surface area contributed by atoms with E-state index in [1.165, 1.54) is 5.56 Å². The minimum absolute atomic E-state index is 0. The largest absolute Gasteiger partial charge is 0.356 e. The molecule has 0 radical (unpaired) electrons. The van der Waals surface area contributed by atoms with Crippen molar-refractivity contribution in [2.24, 2.45) is 12.0 Å². The third kappa shape index (κ3) is 5.52.